The molecule has 0 radical (unpaired) electrons. The molecule has 2 nitrogen and oxygen atoms in total. The lowest BCUT2D eigenvalue weighted by atomic mass is 10.1. The van der Waals surface area contributed by atoms with Crippen molar-refractivity contribution in [2.75, 3.05) is 0 Å². The summed E-state index contributed by atoms with van der Waals surface area (Å²) in [5.41, 5.74) is 3.78. The molecule has 0 spiro atoms. The molecule has 0 bridgehead atoms. The van der Waals surface area contributed by atoms with Crippen LogP contribution in [-0.4, -0.2) is 11.3 Å². The first-order chi connectivity index (χ1) is 8.72. The van der Waals surface area contributed by atoms with E-state index < -0.39 is 0 Å². The third-order valence-electron chi connectivity index (χ3n) is 2.88. The van der Waals surface area contributed by atoms with E-state index in [1.807, 2.05) is 18.3 Å². The van der Waals surface area contributed by atoms with E-state index in [9.17, 15) is 4.79 Å². The van der Waals surface area contributed by atoms with E-state index in [-0.39, 0.29) is 0 Å². The summed E-state index contributed by atoms with van der Waals surface area (Å²) in [7, 11) is 0. The quantitative estimate of drug-likeness (QED) is 0.784. The standard InChI is InChI=1S/C15H14ClNO/c1-2-11-4-6-14(17-9-11)8-13-5-3-12(10-18)7-15(13)16/h3-7,9-10H,2,8H2,1H3. The van der Waals surface area contributed by atoms with Gasteiger partial charge in [0, 0.05) is 28.9 Å². The molecule has 3 heteroatoms. The Morgan fingerprint density at radius 1 is 1.28 bits per heavy atom. The van der Waals surface area contributed by atoms with Gasteiger partial charge in [-0.05, 0) is 29.7 Å². The molecule has 2 rings (SSSR count). The summed E-state index contributed by atoms with van der Waals surface area (Å²) in [6.07, 6.45) is 4.36. The number of hydrogen-bond donors (Lipinski definition) is 0. The number of halogens is 1. The molecule has 0 saturated carbocycles. The van der Waals surface area contributed by atoms with Crippen molar-refractivity contribution in [1.29, 1.82) is 0 Å². The van der Waals surface area contributed by atoms with Crippen molar-refractivity contribution in [3.63, 3.8) is 0 Å². The molecule has 0 saturated heterocycles. The molecular formula is C15H14ClNO. The molecule has 0 aliphatic carbocycles. The van der Waals surface area contributed by atoms with Crippen LogP contribution in [0.2, 0.25) is 5.02 Å². The Hall–Kier alpha value is -1.67. The molecule has 2 aromatic rings. The van der Waals surface area contributed by atoms with Gasteiger partial charge < -0.3 is 0 Å². The SMILES string of the molecule is CCc1ccc(Cc2ccc(C=O)cc2Cl)nc1. The largest absolute Gasteiger partial charge is 0.298 e. The number of rotatable bonds is 4. The van der Waals surface area contributed by atoms with E-state index in [4.69, 9.17) is 11.6 Å². The van der Waals surface area contributed by atoms with Crippen LogP contribution in [0.3, 0.4) is 0 Å². The summed E-state index contributed by atoms with van der Waals surface area (Å²) >= 11 is 6.13. The van der Waals surface area contributed by atoms with Crippen LogP contribution in [0.1, 0.15) is 34.1 Å². The van der Waals surface area contributed by atoms with Gasteiger partial charge in [-0.3, -0.25) is 9.78 Å². The van der Waals surface area contributed by atoms with Gasteiger partial charge in [0.15, 0.2) is 0 Å². The monoisotopic (exact) mass is 259 g/mol. The van der Waals surface area contributed by atoms with Crippen LogP contribution >= 0.6 is 11.6 Å². The predicted molar refractivity (Wildman–Crippen MR) is 73.3 cm³/mol. The zero-order valence-corrected chi connectivity index (χ0v) is 10.9. The molecule has 0 unspecified atom stereocenters. The number of aryl methyl sites for hydroxylation is 1. The molecule has 1 heterocycles. The van der Waals surface area contributed by atoms with Crippen molar-refractivity contribution in [2.24, 2.45) is 0 Å². The minimum Gasteiger partial charge on any atom is -0.298 e. The lowest BCUT2D eigenvalue weighted by Gasteiger charge is -2.05. The highest BCUT2D eigenvalue weighted by Crippen LogP contribution is 2.20. The van der Waals surface area contributed by atoms with Crippen molar-refractivity contribution in [2.45, 2.75) is 19.8 Å². The maximum atomic E-state index is 10.6. The second-order valence-corrected chi connectivity index (χ2v) is 4.56. The first kappa shape index (κ1) is 12.8. The Kier molecular flexibility index (Phi) is 4.11. The number of nitrogens with zero attached hydrogens (tertiary/aromatic N) is 1. The smallest absolute Gasteiger partial charge is 0.150 e. The molecule has 0 fully saturated rings. The fourth-order valence-corrected chi connectivity index (χ4v) is 2.00. The number of hydrogen-bond acceptors (Lipinski definition) is 2. The second-order valence-electron chi connectivity index (χ2n) is 4.16. The molecule has 1 aromatic carbocycles. The normalized spacial score (nSPS) is 10.3. The maximum Gasteiger partial charge on any atom is 0.150 e. The van der Waals surface area contributed by atoms with E-state index in [2.05, 4.69) is 18.0 Å². The summed E-state index contributed by atoms with van der Waals surface area (Å²) in [5, 5.41) is 0.612. The number of benzene rings is 1. The van der Waals surface area contributed by atoms with Gasteiger partial charge in [0.25, 0.3) is 0 Å². The molecule has 92 valence electrons. The van der Waals surface area contributed by atoms with Gasteiger partial charge in [0.1, 0.15) is 6.29 Å². The second kappa shape index (κ2) is 5.78. The van der Waals surface area contributed by atoms with Crippen LogP contribution in [-0.2, 0) is 12.8 Å². The number of aldehydes is 1. The lowest BCUT2D eigenvalue weighted by Crippen LogP contribution is -1.95. The van der Waals surface area contributed by atoms with Crippen molar-refractivity contribution in [3.8, 4) is 0 Å². The minimum atomic E-state index is 0.595. The zero-order chi connectivity index (χ0) is 13.0. The Morgan fingerprint density at radius 2 is 2.11 bits per heavy atom. The highest BCUT2D eigenvalue weighted by Gasteiger charge is 2.04. The highest BCUT2D eigenvalue weighted by atomic mass is 35.5. The number of carbonyl (C=O) groups is 1. The summed E-state index contributed by atoms with van der Waals surface area (Å²) in [6, 6.07) is 9.43. The fraction of sp³-hybridized carbons (Fsp3) is 0.200. The van der Waals surface area contributed by atoms with Crippen molar-refractivity contribution in [3.05, 3.63) is 63.9 Å². The molecule has 0 N–H and O–H groups in total. The van der Waals surface area contributed by atoms with E-state index in [0.29, 0.717) is 17.0 Å². The van der Waals surface area contributed by atoms with Crippen molar-refractivity contribution >= 4 is 17.9 Å². The topological polar surface area (TPSA) is 30.0 Å². The molecule has 0 atom stereocenters. The summed E-state index contributed by atoms with van der Waals surface area (Å²) < 4.78 is 0. The zero-order valence-electron chi connectivity index (χ0n) is 10.2. The van der Waals surface area contributed by atoms with E-state index >= 15 is 0 Å². The Morgan fingerprint density at radius 3 is 2.67 bits per heavy atom. The predicted octanol–water partition coefficient (Wildman–Crippen LogP) is 3.70. The van der Waals surface area contributed by atoms with E-state index in [1.54, 1.807) is 12.1 Å². The summed E-state index contributed by atoms with van der Waals surface area (Å²) in [6.45, 7) is 2.10. The van der Waals surface area contributed by atoms with Gasteiger partial charge in [-0.2, -0.15) is 0 Å². The Bertz CT molecular complexity index is 549. The summed E-state index contributed by atoms with van der Waals surface area (Å²) in [5.74, 6) is 0. The number of aromatic nitrogens is 1. The maximum absolute atomic E-state index is 10.6. The third-order valence-corrected chi connectivity index (χ3v) is 3.23. The molecular weight excluding hydrogens is 246 g/mol. The van der Waals surface area contributed by atoms with Crippen molar-refractivity contribution < 1.29 is 4.79 Å². The van der Waals surface area contributed by atoms with Crippen LogP contribution in [0.25, 0.3) is 0 Å². The molecule has 18 heavy (non-hydrogen) atoms. The molecule has 0 aliphatic heterocycles. The Labute approximate surface area is 112 Å². The average Bonchev–Trinajstić information content (AvgIpc) is 2.42. The first-order valence-corrected chi connectivity index (χ1v) is 6.28. The van der Waals surface area contributed by atoms with Gasteiger partial charge in [-0.15, -0.1) is 0 Å². The van der Waals surface area contributed by atoms with Gasteiger partial charge >= 0.3 is 0 Å². The van der Waals surface area contributed by atoms with Crippen molar-refractivity contribution in [1.82, 2.24) is 4.98 Å². The number of pyridine rings is 1. The molecule has 1 aromatic heterocycles. The van der Waals surface area contributed by atoms with Crippen LogP contribution in [0.15, 0.2) is 36.5 Å². The summed E-state index contributed by atoms with van der Waals surface area (Å²) in [4.78, 5) is 15.0. The fourth-order valence-electron chi connectivity index (χ4n) is 1.74. The van der Waals surface area contributed by atoms with Gasteiger partial charge in [-0.1, -0.05) is 36.7 Å². The number of carbonyl (C=O) groups excluding carboxylic acids is 1. The molecule has 0 aliphatic rings. The molecule has 0 amide bonds. The van der Waals surface area contributed by atoms with Crippen LogP contribution in [0.5, 0.6) is 0 Å². The Balaban J connectivity index is 2.19. The minimum absolute atomic E-state index is 0.595. The third kappa shape index (κ3) is 2.96. The van der Waals surface area contributed by atoms with Crippen LogP contribution in [0, 0.1) is 0 Å². The average molecular weight is 260 g/mol. The van der Waals surface area contributed by atoms with Crippen LogP contribution in [0.4, 0.5) is 0 Å². The van der Waals surface area contributed by atoms with Crippen LogP contribution < -0.4 is 0 Å². The lowest BCUT2D eigenvalue weighted by molar-refractivity contribution is 0.112. The first-order valence-electron chi connectivity index (χ1n) is 5.90. The van der Waals surface area contributed by atoms with Gasteiger partial charge in [0.05, 0.1) is 0 Å². The van der Waals surface area contributed by atoms with E-state index in [0.717, 1.165) is 24.0 Å². The van der Waals surface area contributed by atoms with E-state index in [1.165, 1.54) is 5.56 Å². The van der Waals surface area contributed by atoms with Gasteiger partial charge in [0.2, 0.25) is 0 Å². The highest BCUT2D eigenvalue weighted by molar-refractivity contribution is 6.31. The van der Waals surface area contributed by atoms with Gasteiger partial charge in [-0.25, -0.2) is 0 Å².